The average Bonchev–Trinajstić information content (AvgIpc) is 3.00. The molecule has 0 bridgehead atoms. The number of nitrogens with one attached hydrogen (secondary N) is 2. The maximum atomic E-state index is 12.2. The summed E-state index contributed by atoms with van der Waals surface area (Å²) in [6.07, 6.45) is 5.41. The summed E-state index contributed by atoms with van der Waals surface area (Å²) in [4.78, 5) is 0. The molecule has 0 heterocycles. The molecular formula is C13H26N2O2S. The molecule has 0 radical (unpaired) electrons. The molecule has 2 unspecified atom stereocenters. The predicted molar refractivity (Wildman–Crippen MR) is 74.0 cm³/mol. The third-order valence-corrected chi connectivity index (χ3v) is 5.99. The smallest absolute Gasteiger partial charge is 0.215 e. The first-order valence-corrected chi connectivity index (χ1v) is 8.58. The highest BCUT2D eigenvalue weighted by Crippen LogP contribution is 2.37. The van der Waals surface area contributed by atoms with Gasteiger partial charge in [-0.1, -0.05) is 13.8 Å². The molecule has 2 rings (SSSR count). The Labute approximate surface area is 111 Å². The molecule has 0 aromatic heterocycles. The molecule has 2 saturated carbocycles. The summed E-state index contributed by atoms with van der Waals surface area (Å²) in [5, 5.41) is 2.94. The van der Waals surface area contributed by atoms with Gasteiger partial charge in [-0.2, -0.15) is 0 Å². The Hall–Kier alpha value is -0.130. The fourth-order valence-electron chi connectivity index (χ4n) is 2.61. The molecule has 2 fully saturated rings. The molecule has 2 aliphatic carbocycles. The van der Waals surface area contributed by atoms with Crippen LogP contribution >= 0.6 is 0 Å². The minimum atomic E-state index is -3.17. The minimum absolute atomic E-state index is 0.133. The first-order chi connectivity index (χ1) is 8.28. The molecule has 0 amide bonds. The SMILES string of the molecule is CC(CNC1CC1)S(=O)(=O)NC1CCC(C)(C)C1. The Morgan fingerprint density at radius 2 is 1.89 bits per heavy atom. The highest BCUT2D eigenvalue weighted by atomic mass is 32.2. The van der Waals surface area contributed by atoms with Crippen LogP contribution < -0.4 is 10.0 Å². The molecular weight excluding hydrogens is 248 g/mol. The maximum Gasteiger partial charge on any atom is 0.215 e. The molecule has 0 aromatic carbocycles. The van der Waals surface area contributed by atoms with E-state index in [4.69, 9.17) is 0 Å². The zero-order chi connectivity index (χ0) is 13.4. The average molecular weight is 274 g/mol. The second kappa shape index (κ2) is 5.10. The molecule has 106 valence electrons. The number of hydrogen-bond acceptors (Lipinski definition) is 3. The van der Waals surface area contributed by atoms with Crippen LogP contribution in [0.1, 0.15) is 52.9 Å². The maximum absolute atomic E-state index is 12.2. The van der Waals surface area contributed by atoms with Crippen molar-refractivity contribution in [2.45, 2.75) is 70.2 Å². The van der Waals surface area contributed by atoms with Gasteiger partial charge in [0.2, 0.25) is 10.0 Å². The van der Waals surface area contributed by atoms with Crippen LogP contribution in [0.25, 0.3) is 0 Å². The fraction of sp³-hybridized carbons (Fsp3) is 1.00. The van der Waals surface area contributed by atoms with Crippen LogP contribution in [0, 0.1) is 5.41 Å². The first-order valence-electron chi connectivity index (χ1n) is 7.03. The predicted octanol–water partition coefficient (Wildman–Crippen LogP) is 1.62. The summed E-state index contributed by atoms with van der Waals surface area (Å²) in [5.41, 5.74) is 0.280. The van der Waals surface area contributed by atoms with E-state index in [2.05, 4.69) is 23.9 Å². The van der Waals surface area contributed by atoms with Crippen molar-refractivity contribution in [3.8, 4) is 0 Å². The second-order valence-electron chi connectivity index (χ2n) is 6.76. The van der Waals surface area contributed by atoms with Gasteiger partial charge in [-0.05, 0) is 44.4 Å². The topological polar surface area (TPSA) is 58.2 Å². The fourth-order valence-corrected chi connectivity index (χ4v) is 3.83. The van der Waals surface area contributed by atoms with Gasteiger partial charge in [-0.3, -0.25) is 0 Å². The lowest BCUT2D eigenvalue weighted by Crippen LogP contribution is -2.43. The molecule has 2 aliphatic rings. The van der Waals surface area contributed by atoms with Gasteiger partial charge in [0.1, 0.15) is 0 Å². The lowest BCUT2D eigenvalue weighted by atomic mass is 9.92. The summed E-state index contributed by atoms with van der Waals surface area (Å²) in [6.45, 7) is 6.77. The molecule has 2 N–H and O–H groups in total. The first kappa shape index (κ1) is 14.3. The van der Waals surface area contributed by atoms with Crippen LogP contribution in [0.2, 0.25) is 0 Å². The Bertz CT molecular complexity index is 388. The highest BCUT2D eigenvalue weighted by molar-refractivity contribution is 7.90. The van der Waals surface area contributed by atoms with Crippen molar-refractivity contribution in [1.29, 1.82) is 0 Å². The normalized spacial score (nSPS) is 29.4. The minimum Gasteiger partial charge on any atom is -0.313 e. The summed E-state index contributed by atoms with van der Waals surface area (Å²) in [6, 6.07) is 0.696. The van der Waals surface area contributed by atoms with Crippen molar-refractivity contribution in [2.24, 2.45) is 5.41 Å². The van der Waals surface area contributed by atoms with E-state index in [1.807, 2.05) is 0 Å². The van der Waals surface area contributed by atoms with E-state index in [1.165, 1.54) is 12.8 Å². The molecule has 18 heavy (non-hydrogen) atoms. The lowest BCUT2D eigenvalue weighted by Gasteiger charge is -2.20. The van der Waals surface area contributed by atoms with Gasteiger partial charge in [0.05, 0.1) is 5.25 Å². The molecule has 5 heteroatoms. The van der Waals surface area contributed by atoms with Crippen molar-refractivity contribution in [3.05, 3.63) is 0 Å². The largest absolute Gasteiger partial charge is 0.313 e. The van der Waals surface area contributed by atoms with Crippen molar-refractivity contribution in [2.75, 3.05) is 6.54 Å². The quantitative estimate of drug-likeness (QED) is 0.774. The van der Waals surface area contributed by atoms with Crippen LogP contribution in [-0.2, 0) is 10.0 Å². The Morgan fingerprint density at radius 1 is 1.22 bits per heavy atom. The van der Waals surface area contributed by atoms with E-state index < -0.39 is 10.0 Å². The summed E-state index contributed by atoms with van der Waals surface area (Å²) >= 11 is 0. The van der Waals surface area contributed by atoms with Gasteiger partial charge < -0.3 is 5.32 Å². The third kappa shape index (κ3) is 3.93. The van der Waals surface area contributed by atoms with Crippen LogP contribution in [0.5, 0.6) is 0 Å². The van der Waals surface area contributed by atoms with Gasteiger partial charge in [0, 0.05) is 18.6 Å². The lowest BCUT2D eigenvalue weighted by molar-refractivity contribution is 0.372. The summed E-state index contributed by atoms with van der Waals surface area (Å²) in [7, 11) is -3.17. The van der Waals surface area contributed by atoms with Crippen molar-refractivity contribution < 1.29 is 8.42 Å². The number of hydrogen-bond donors (Lipinski definition) is 2. The van der Waals surface area contributed by atoms with Crippen LogP contribution in [0.3, 0.4) is 0 Å². The van der Waals surface area contributed by atoms with Gasteiger partial charge in [-0.15, -0.1) is 0 Å². The van der Waals surface area contributed by atoms with E-state index >= 15 is 0 Å². The summed E-state index contributed by atoms with van der Waals surface area (Å²) in [5.74, 6) is 0. The van der Waals surface area contributed by atoms with Crippen molar-refractivity contribution in [3.63, 3.8) is 0 Å². The summed E-state index contributed by atoms with van der Waals surface area (Å²) < 4.78 is 27.2. The molecule has 0 spiro atoms. The standard InChI is InChI=1S/C13H26N2O2S/c1-10(9-14-11-4-5-11)18(16,17)15-12-6-7-13(2,3)8-12/h10-12,14-15H,4-9H2,1-3H3. The van der Waals surface area contributed by atoms with Crippen LogP contribution in [-0.4, -0.2) is 32.3 Å². The molecule has 4 nitrogen and oxygen atoms in total. The van der Waals surface area contributed by atoms with E-state index in [0.29, 0.717) is 12.6 Å². The van der Waals surface area contributed by atoms with E-state index in [0.717, 1.165) is 19.3 Å². The Balaban J connectivity index is 1.82. The van der Waals surface area contributed by atoms with E-state index in [1.54, 1.807) is 6.92 Å². The van der Waals surface area contributed by atoms with Gasteiger partial charge in [0.15, 0.2) is 0 Å². The molecule has 0 saturated heterocycles. The third-order valence-electron chi connectivity index (χ3n) is 4.10. The van der Waals surface area contributed by atoms with Crippen LogP contribution in [0.15, 0.2) is 0 Å². The van der Waals surface area contributed by atoms with Crippen molar-refractivity contribution >= 4 is 10.0 Å². The van der Waals surface area contributed by atoms with Crippen LogP contribution in [0.4, 0.5) is 0 Å². The second-order valence-corrected chi connectivity index (χ2v) is 8.89. The van der Waals surface area contributed by atoms with Crippen molar-refractivity contribution in [1.82, 2.24) is 10.0 Å². The van der Waals surface area contributed by atoms with Gasteiger partial charge in [0.25, 0.3) is 0 Å². The van der Waals surface area contributed by atoms with Gasteiger partial charge >= 0.3 is 0 Å². The van der Waals surface area contributed by atoms with E-state index in [-0.39, 0.29) is 16.7 Å². The molecule has 0 aliphatic heterocycles. The highest BCUT2D eigenvalue weighted by Gasteiger charge is 2.34. The zero-order valence-corrected chi connectivity index (χ0v) is 12.5. The van der Waals surface area contributed by atoms with E-state index in [9.17, 15) is 8.42 Å². The Kier molecular flexibility index (Phi) is 4.04. The molecule has 0 aromatic rings. The Morgan fingerprint density at radius 3 is 2.39 bits per heavy atom. The zero-order valence-electron chi connectivity index (χ0n) is 11.7. The molecule has 2 atom stereocenters. The number of rotatable bonds is 6. The van der Waals surface area contributed by atoms with Gasteiger partial charge in [-0.25, -0.2) is 13.1 Å². The number of sulfonamides is 1. The monoisotopic (exact) mass is 274 g/mol.